The molecule has 6 heteroatoms. The summed E-state index contributed by atoms with van der Waals surface area (Å²) >= 11 is 1.92. The van der Waals surface area contributed by atoms with Crippen LogP contribution in [-0.2, 0) is 10.0 Å². The second kappa shape index (κ2) is 7.86. The quantitative estimate of drug-likeness (QED) is 0.780. The van der Waals surface area contributed by atoms with Gasteiger partial charge in [-0.1, -0.05) is 13.8 Å². The van der Waals surface area contributed by atoms with E-state index in [9.17, 15) is 8.42 Å². The van der Waals surface area contributed by atoms with E-state index >= 15 is 0 Å². The zero-order chi connectivity index (χ0) is 14.5. The van der Waals surface area contributed by atoms with Crippen molar-refractivity contribution in [3.63, 3.8) is 0 Å². The van der Waals surface area contributed by atoms with E-state index < -0.39 is 10.0 Å². The van der Waals surface area contributed by atoms with Gasteiger partial charge >= 0.3 is 0 Å². The Kier molecular flexibility index (Phi) is 7.14. The standard InChI is InChI=1S/C13H28N2O2S2/c1-4-11(2)18-10-13(14)8-12-6-5-7-15(9-12)19(3,16)17/h11-13H,4-10,14H2,1-3H3. The molecule has 2 N–H and O–H groups in total. The van der Waals surface area contributed by atoms with Crippen molar-refractivity contribution in [2.45, 2.75) is 50.8 Å². The topological polar surface area (TPSA) is 63.4 Å². The molecule has 0 amide bonds. The maximum Gasteiger partial charge on any atom is 0.211 e. The fraction of sp³-hybridized carbons (Fsp3) is 1.00. The van der Waals surface area contributed by atoms with Crippen molar-refractivity contribution in [3.8, 4) is 0 Å². The minimum Gasteiger partial charge on any atom is -0.327 e. The van der Waals surface area contributed by atoms with Gasteiger partial charge in [-0.3, -0.25) is 0 Å². The van der Waals surface area contributed by atoms with Gasteiger partial charge in [-0.2, -0.15) is 11.8 Å². The monoisotopic (exact) mass is 308 g/mol. The SMILES string of the molecule is CCC(C)SCC(N)CC1CCCN(S(C)(=O)=O)C1. The smallest absolute Gasteiger partial charge is 0.211 e. The van der Waals surface area contributed by atoms with Gasteiger partial charge in [-0.05, 0) is 31.6 Å². The number of nitrogens with zero attached hydrogens (tertiary/aromatic N) is 1. The molecule has 1 aliphatic rings. The first kappa shape index (κ1) is 17.3. The molecule has 0 spiro atoms. The molecule has 3 atom stereocenters. The number of thioether (sulfide) groups is 1. The highest BCUT2D eigenvalue weighted by Crippen LogP contribution is 2.24. The number of piperidine rings is 1. The maximum absolute atomic E-state index is 11.6. The van der Waals surface area contributed by atoms with Gasteiger partial charge in [0.05, 0.1) is 6.26 Å². The predicted molar refractivity (Wildman–Crippen MR) is 83.9 cm³/mol. The third kappa shape index (κ3) is 6.47. The van der Waals surface area contributed by atoms with Crippen molar-refractivity contribution in [2.24, 2.45) is 11.7 Å². The Balaban J connectivity index is 2.36. The number of nitrogens with two attached hydrogens (primary N) is 1. The minimum absolute atomic E-state index is 0.184. The molecule has 19 heavy (non-hydrogen) atoms. The van der Waals surface area contributed by atoms with E-state index in [4.69, 9.17) is 5.73 Å². The van der Waals surface area contributed by atoms with Crippen molar-refractivity contribution in [3.05, 3.63) is 0 Å². The van der Waals surface area contributed by atoms with Crippen LogP contribution in [0.2, 0.25) is 0 Å². The molecule has 0 saturated carbocycles. The highest BCUT2D eigenvalue weighted by atomic mass is 32.2. The minimum atomic E-state index is -3.04. The molecule has 0 bridgehead atoms. The highest BCUT2D eigenvalue weighted by Gasteiger charge is 2.26. The molecule has 1 fully saturated rings. The Morgan fingerprint density at radius 1 is 1.47 bits per heavy atom. The molecule has 0 radical (unpaired) electrons. The third-order valence-electron chi connectivity index (χ3n) is 3.76. The lowest BCUT2D eigenvalue weighted by Crippen LogP contribution is -2.41. The van der Waals surface area contributed by atoms with Crippen LogP contribution in [0.4, 0.5) is 0 Å². The van der Waals surface area contributed by atoms with Crippen molar-refractivity contribution in [1.82, 2.24) is 4.31 Å². The molecule has 4 nitrogen and oxygen atoms in total. The molecular weight excluding hydrogens is 280 g/mol. The lowest BCUT2D eigenvalue weighted by atomic mass is 9.93. The van der Waals surface area contributed by atoms with Crippen LogP contribution in [0.3, 0.4) is 0 Å². The fourth-order valence-corrected chi connectivity index (χ4v) is 4.31. The normalized spacial score (nSPS) is 25.2. The Bertz CT molecular complexity index is 360. The van der Waals surface area contributed by atoms with E-state index in [-0.39, 0.29) is 6.04 Å². The molecule has 1 aliphatic heterocycles. The Morgan fingerprint density at radius 3 is 2.74 bits per heavy atom. The van der Waals surface area contributed by atoms with E-state index in [0.29, 0.717) is 24.3 Å². The summed E-state index contributed by atoms with van der Waals surface area (Å²) < 4.78 is 24.7. The largest absolute Gasteiger partial charge is 0.327 e. The van der Waals surface area contributed by atoms with Gasteiger partial charge in [0.15, 0.2) is 0 Å². The average molecular weight is 309 g/mol. The van der Waals surface area contributed by atoms with Gasteiger partial charge in [0, 0.05) is 30.1 Å². The summed E-state index contributed by atoms with van der Waals surface area (Å²) in [5.41, 5.74) is 6.17. The average Bonchev–Trinajstić information content (AvgIpc) is 2.35. The third-order valence-corrected chi connectivity index (χ3v) is 6.55. The zero-order valence-corrected chi connectivity index (χ0v) is 14.0. The highest BCUT2D eigenvalue weighted by molar-refractivity contribution is 7.99. The van der Waals surface area contributed by atoms with Crippen molar-refractivity contribution in [1.29, 1.82) is 0 Å². The summed E-state index contributed by atoms with van der Waals surface area (Å²) in [6.07, 6.45) is 5.48. The van der Waals surface area contributed by atoms with Crippen LogP contribution in [0.5, 0.6) is 0 Å². The van der Waals surface area contributed by atoms with Crippen LogP contribution in [0.15, 0.2) is 0 Å². The Hall–Kier alpha value is 0.220. The van der Waals surface area contributed by atoms with Crippen LogP contribution in [-0.4, -0.2) is 49.1 Å². The van der Waals surface area contributed by atoms with Gasteiger partial charge in [0.1, 0.15) is 0 Å². The summed E-state index contributed by atoms with van der Waals surface area (Å²) in [5.74, 6) is 1.40. The molecule has 0 aromatic carbocycles. The van der Waals surface area contributed by atoms with Gasteiger partial charge in [-0.15, -0.1) is 0 Å². The molecule has 0 aromatic rings. The van der Waals surface area contributed by atoms with Crippen LogP contribution in [0.1, 0.15) is 39.5 Å². The second-order valence-electron chi connectivity index (χ2n) is 5.68. The number of sulfonamides is 1. The first-order chi connectivity index (χ1) is 8.82. The molecule has 1 rings (SSSR count). The van der Waals surface area contributed by atoms with Gasteiger partial charge in [0.2, 0.25) is 10.0 Å². The Morgan fingerprint density at radius 2 is 2.16 bits per heavy atom. The summed E-state index contributed by atoms with van der Waals surface area (Å²) in [6, 6.07) is 0.184. The van der Waals surface area contributed by atoms with Crippen molar-refractivity contribution >= 4 is 21.8 Å². The maximum atomic E-state index is 11.6. The molecular formula is C13H28N2O2S2. The summed E-state index contributed by atoms with van der Waals surface area (Å²) in [6.45, 7) is 5.74. The summed E-state index contributed by atoms with van der Waals surface area (Å²) in [4.78, 5) is 0. The number of hydrogen-bond acceptors (Lipinski definition) is 4. The molecule has 0 aliphatic carbocycles. The second-order valence-corrected chi connectivity index (χ2v) is 9.13. The van der Waals surface area contributed by atoms with E-state index in [1.165, 1.54) is 12.7 Å². The van der Waals surface area contributed by atoms with E-state index in [2.05, 4.69) is 13.8 Å². The number of hydrogen-bond donors (Lipinski definition) is 1. The van der Waals surface area contributed by atoms with Crippen LogP contribution >= 0.6 is 11.8 Å². The zero-order valence-electron chi connectivity index (χ0n) is 12.3. The van der Waals surface area contributed by atoms with Gasteiger partial charge in [-0.25, -0.2) is 12.7 Å². The van der Waals surface area contributed by atoms with Crippen LogP contribution in [0.25, 0.3) is 0 Å². The molecule has 0 aromatic heterocycles. The first-order valence-corrected chi connectivity index (χ1v) is 10.0. The van der Waals surface area contributed by atoms with E-state index in [0.717, 1.165) is 25.0 Å². The van der Waals surface area contributed by atoms with Gasteiger partial charge < -0.3 is 5.73 Å². The fourth-order valence-electron chi connectivity index (χ4n) is 2.42. The molecule has 114 valence electrons. The van der Waals surface area contributed by atoms with Crippen molar-refractivity contribution in [2.75, 3.05) is 25.1 Å². The lowest BCUT2D eigenvalue weighted by molar-refractivity contribution is 0.250. The van der Waals surface area contributed by atoms with Crippen LogP contribution < -0.4 is 5.73 Å². The van der Waals surface area contributed by atoms with E-state index in [1.54, 1.807) is 4.31 Å². The molecule has 3 unspecified atom stereocenters. The number of rotatable bonds is 7. The van der Waals surface area contributed by atoms with Gasteiger partial charge in [0.25, 0.3) is 0 Å². The Labute approximate surface area is 122 Å². The summed E-state index contributed by atoms with van der Waals surface area (Å²) in [5, 5.41) is 0.657. The lowest BCUT2D eigenvalue weighted by Gasteiger charge is -2.32. The van der Waals surface area contributed by atoms with Crippen LogP contribution in [0, 0.1) is 5.92 Å². The predicted octanol–water partition coefficient (Wildman–Crippen LogP) is 1.91. The molecule has 1 heterocycles. The first-order valence-electron chi connectivity index (χ1n) is 7.15. The van der Waals surface area contributed by atoms with E-state index in [1.807, 2.05) is 11.8 Å². The molecule has 1 saturated heterocycles. The summed E-state index contributed by atoms with van der Waals surface area (Å²) in [7, 11) is -3.04. The van der Waals surface area contributed by atoms with Crippen molar-refractivity contribution < 1.29 is 8.42 Å².